The molecule has 20 heavy (non-hydrogen) atoms. The van der Waals surface area contributed by atoms with E-state index in [0.717, 1.165) is 19.6 Å². The van der Waals surface area contributed by atoms with Gasteiger partial charge in [0, 0.05) is 31.2 Å². The van der Waals surface area contributed by atoms with Gasteiger partial charge in [0.2, 0.25) is 0 Å². The summed E-state index contributed by atoms with van der Waals surface area (Å²) in [7, 11) is 0. The molecule has 1 fully saturated rings. The first-order valence-electron chi connectivity index (χ1n) is 8.02. The van der Waals surface area contributed by atoms with Crippen LogP contribution in [0, 0.1) is 0 Å². The first kappa shape index (κ1) is 15.5. The van der Waals surface area contributed by atoms with Crippen molar-refractivity contribution in [2.45, 2.75) is 65.1 Å². The van der Waals surface area contributed by atoms with Gasteiger partial charge >= 0.3 is 0 Å². The van der Waals surface area contributed by atoms with E-state index in [-0.39, 0.29) is 5.54 Å². The Bertz CT molecular complexity index is 424. The fourth-order valence-corrected chi connectivity index (χ4v) is 2.95. The molecule has 0 aromatic heterocycles. The van der Waals surface area contributed by atoms with Gasteiger partial charge in [0.25, 0.3) is 0 Å². The molecule has 2 atom stereocenters. The quantitative estimate of drug-likeness (QED) is 0.899. The molecule has 1 N–H and O–H groups in total. The van der Waals surface area contributed by atoms with E-state index in [1.165, 1.54) is 17.5 Å². The Labute approximate surface area is 124 Å². The van der Waals surface area contributed by atoms with Crippen LogP contribution >= 0.6 is 0 Å². The minimum atomic E-state index is 0.281. The van der Waals surface area contributed by atoms with Gasteiger partial charge < -0.3 is 5.32 Å². The van der Waals surface area contributed by atoms with E-state index in [4.69, 9.17) is 0 Å². The fraction of sp³-hybridized carbons (Fsp3) is 0.667. The minimum Gasteiger partial charge on any atom is -0.311 e. The molecule has 0 aliphatic carbocycles. The topological polar surface area (TPSA) is 15.3 Å². The normalized spacial score (nSPS) is 28.0. The third-order valence-electron chi connectivity index (χ3n) is 4.87. The Balaban J connectivity index is 2.10. The van der Waals surface area contributed by atoms with Crippen LogP contribution in [-0.4, -0.2) is 29.6 Å². The fourth-order valence-electron chi connectivity index (χ4n) is 2.95. The van der Waals surface area contributed by atoms with Crippen molar-refractivity contribution in [1.29, 1.82) is 0 Å². The summed E-state index contributed by atoms with van der Waals surface area (Å²) in [6.45, 7) is 14.8. The first-order valence-corrected chi connectivity index (χ1v) is 8.02. The molecule has 2 nitrogen and oxygen atoms in total. The van der Waals surface area contributed by atoms with Crippen molar-refractivity contribution >= 4 is 0 Å². The van der Waals surface area contributed by atoms with E-state index in [0.29, 0.717) is 12.0 Å². The van der Waals surface area contributed by atoms with Gasteiger partial charge in [-0.1, -0.05) is 45.0 Å². The second-order valence-electron chi connectivity index (χ2n) is 6.91. The van der Waals surface area contributed by atoms with Crippen molar-refractivity contribution in [1.82, 2.24) is 10.2 Å². The summed E-state index contributed by atoms with van der Waals surface area (Å²) in [4.78, 5) is 2.65. The van der Waals surface area contributed by atoms with Crippen LogP contribution < -0.4 is 5.32 Å². The second kappa shape index (κ2) is 6.28. The molecule has 2 unspecified atom stereocenters. The summed E-state index contributed by atoms with van der Waals surface area (Å²) in [5.74, 6) is 0.615. The average Bonchev–Trinajstić information content (AvgIpc) is 2.44. The lowest BCUT2D eigenvalue weighted by atomic mass is 9.91. The highest BCUT2D eigenvalue weighted by Gasteiger charge is 2.34. The number of nitrogens with zero attached hydrogens (tertiary/aromatic N) is 1. The maximum Gasteiger partial charge on any atom is 0.0307 e. The molecule has 1 aromatic rings. The van der Waals surface area contributed by atoms with Crippen molar-refractivity contribution in [3.63, 3.8) is 0 Å². The number of piperazine rings is 1. The zero-order valence-corrected chi connectivity index (χ0v) is 13.7. The lowest BCUT2D eigenvalue weighted by Crippen LogP contribution is -2.61. The molecule has 1 heterocycles. The van der Waals surface area contributed by atoms with Crippen LogP contribution in [0.15, 0.2) is 24.3 Å². The van der Waals surface area contributed by atoms with Crippen molar-refractivity contribution in [3.8, 4) is 0 Å². The molecule has 0 bridgehead atoms. The van der Waals surface area contributed by atoms with E-state index in [1.54, 1.807) is 0 Å². The van der Waals surface area contributed by atoms with E-state index < -0.39 is 0 Å². The Morgan fingerprint density at radius 1 is 1.30 bits per heavy atom. The Morgan fingerprint density at radius 2 is 1.95 bits per heavy atom. The highest BCUT2D eigenvalue weighted by Crippen LogP contribution is 2.25. The second-order valence-corrected chi connectivity index (χ2v) is 6.91. The number of rotatable bonds is 4. The molecule has 0 amide bonds. The van der Waals surface area contributed by atoms with Crippen molar-refractivity contribution < 1.29 is 0 Å². The maximum atomic E-state index is 3.62. The molecule has 0 radical (unpaired) electrons. The maximum absolute atomic E-state index is 3.62. The summed E-state index contributed by atoms with van der Waals surface area (Å²) in [6, 6.07) is 9.77. The van der Waals surface area contributed by atoms with Crippen LogP contribution in [0.4, 0.5) is 0 Å². The number of hydrogen-bond acceptors (Lipinski definition) is 2. The third kappa shape index (κ3) is 3.42. The summed E-state index contributed by atoms with van der Waals surface area (Å²) in [5, 5.41) is 3.62. The first-order chi connectivity index (χ1) is 9.44. The van der Waals surface area contributed by atoms with E-state index in [2.05, 4.69) is 69.1 Å². The largest absolute Gasteiger partial charge is 0.311 e. The van der Waals surface area contributed by atoms with Gasteiger partial charge in [0.15, 0.2) is 0 Å². The minimum absolute atomic E-state index is 0.281. The summed E-state index contributed by atoms with van der Waals surface area (Å²) in [5.41, 5.74) is 3.15. The van der Waals surface area contributed by atoms with Crippen molar-refractivity contribution in [3.05, 3.63) is 35.4 Å². The van der Waals surface area contributed by atoms with E-state index in [1.807, 2.05) is 0 Å². The Morgan fingerprint density at radius 3 is 2.50 bits per heavy atom. The molecule has 2 rings (SSSR count). The number of nitrogens with one attached hydrogen (secondary N) is 1. The Kier molecular flexibility index (Phi) is 4.87. The van der Waals surface area contributed by atoms with Gasteiger partial charge in [-0.25, -0.2) is 0 Å². The van der Waals surface area contributed by atoms with Crippen LogP contribution in [0.5, 0.6) is 0 Å². The van der Waals surface area contributed by atoms with Gasteiger partial charge in [0.05, 0.1) is 0 Å². The van der Waals surface area contributed by atoms with Gasteiger partial charge in [0.1, 0.15) is 0 Å². The summed E-state index contributed by atoms with van der Waals surface area (Å²) >= 11 is 0. The predicted octanol–water partition coefficient (Wildman–Crippen LogP) is 3.77. The van der Waals surface area contributed by atoms with Crippen LogP contribution in [0.2, 0.25) is 0 Å². The van der Waals surface area contributed by atoms with Gasteiger partial charge in [-0.3, -0.25) is 4.90 Å². The van der Waals surface area contributed by atoms with E-state index in [9.17, 15) is 0 Å². The zero-order valence-electron chi connectivity index (χ0n) is 13.7. The smallest absolute Gasteiger partial charge is 0.0307 e. The molecule has 112 valence electrons. The van der Waals surface area contributed by atoms with Crippen molar-refractivity contribution in [2.75, 3.05) is 13.1 Å². The number of benzene rings is 1. The standard InChI is InChI=1S/C18H30N2/c1-6-18(5)13-19-15(4)11-20(18)12-16-7-9-17(10-8-16)14(2)3/h7-10,14-15,19H,6,11-13H2,1-5H3. The molecular weight excluding hydrogens is 244 g/mol. The molecule has 0 spiro atoms. The Hall–Kier alpha value is -0.860. The molecule has 1 saturated heterocycles. The van der Waals surface area contributed by atoms with Gasteiger partial charge in [-0.05, 0) is 37.3 Å². The predicted molar refractivity (Wildman–Crippen MR) is 87.1 cm³/mol. The zero-order chi connectivity index (χ0) is 14.8. The lowest BCUT2D eigenvalue weighted by Gasteiger charge is -2.47. The van der Waals surface area contributed by atoms with Gasteiger partial charge in [-0.15, -0.1) is 0 Å². The summed E-state index contributed by atoms with van der Waals surface area (Å²) in [6.07, 6.45) is 1.19. The highest BCUT2D eigenvalue weighted by molar-refractivity contribution is 5.25. The number of hydrogen-bond donors (Lipinski definition) is 1. The molecule has 0 saturated carbocycles. The van der Waals surface area contributed by atoms with Crippen LogP contribution in [0.3, 0.4) is 0 Å². The van der Waals surface area contributed by atoms with E-state index >= 15 is 0 Å². The molecular formula is C18H30N2. The summed E-state index contributed by atoms with van der Waals surface area (Å²) < 4.78 is 0. The monoisotopic (exact) mass is 274 g/mol. The van der Waals surface area contributed by atoms with Crippen molar-refractivity contribution in [2.24, 2.45) is 0 Å². The van der Waals surface area contributed by atoms with Crippen LogP contribution in [-0.2, 0) is 6.54 Å². The molecule has 2 heteroatoms. The average molecular weight is 274 g/mol. The SMILES string of the molecule is CCC1(C)CNC(C)CN1Cc1ccc(C(C)C)cc1. The highest BCUT2D eigenvalue weighted by atomic mass is 15.3. The molecule has 1 aromatic carbocycles. The molecule has 1 aliphatic rings. The van der Waals surface area contributed by atoms with Crippen LogP contribution in [0.1, 0.15) is 58.1 Å². The molecule has 1 aliphatic heterocycles. The lowest BCUT2D eigenvalue weighted by molar-refractivity contribution is 0.0453. The van der Waals surface area contributed by atoms with Crippen LogP contribution in [0.25, 0.3) is 0 Å². The third-order valence-corrected chi connectivity index (χ3v) is 4.87. The van der Waals surface area contributed by atoms with Gasteiger partial charge in [-0.2, -0.15) is 0 Å².